The Kier molecular flexibility index (Phi) is 3.85. The number of hydrogen-bond donors (Lipinski definition) is 1. The minimum atomic E-state index is -0.0612. The van der Waals surface area contributed by atoms with Gasteiger partial charge in [0.15, 0.2) is 0 Å². The molecule has 2 aliphatic heterocycles. The van der Waals surface area contributed by atoms with E-state index in [2.05, 4.69) is 62.2 Å². The van der Waals surface area contributed by atoms with E-state index in [4.69, 9.17) is 4.74 Å². The number of fused-ring (bicyclic) bond motifs is 1. The molecular formula is C18H28N2O. The number of nitrogens with one attached hydrogen (secondary N) is 1. The van der Waals surface area contributed by atoms with Crippen LogP contribution in [-0.2, 0) is 17.7 Å². The molecule has 1 saturated heterocycles. The van der Waals surface area contributed by atoms with Gasteiger partial charge in [-0.05, 0) is 45.2 Å². The monoisotopic (exact) mass is 288 g/mol. The van der Waals surface area contributed by atoms with Crippen molar-refractivity contribution < 1.29 is 4.74 Å². The second-order valence-corrected chi connectivity index (χ2v) is 7.84. The van der Waals surface area contributed by atoms with Gasteiger partial charge < -0.3 is 10.1 Å². The lowest BCUT2D eigenvalue weighted by molar-refractivity contribution is -0.181. The van der Waals surface area contributed by atoms with Crippen LogP contribution in [0.2, 0.25) is 0 Å². The summed E-state index contributed by atoms with van der Waals surface area (Å²) in [7, 11) is 0. The fourth-order valence-electron chi connectivity index (χ4n) is 4.04. The number of ether oxygens (including phenoxy) is 1. The summed E-state index contributed by atoms with van der Waals surface area (Å²) in [4.78, 5) is 2.56. The Hall–Kier alpha value is -0.900. The highest BCUT2D eigenvalue weighted by Crippen LogP contribution is 2.28. The van der Waals surface area contributed by atoms with Crippen LogP contribution in [0.25, 0.3) is 0 Å². The Morgan fingerprint density at radius 1 is 1.10 bits per heavy atom. The third-order valence-corrected chi connectivity index (χ3v) is 4.41. The average molecular weight is 288 g/mol. The summed E-state index contributed by atoms with van der Waals surface area (Å²) in [5.74, 6) is 0. The summed E-state index contributed by atoms with van der Waals surface area (Å²) in [5.41, 5.74) is 2.84. The third-order valence-electron chi connectivity index (χ3n) is 4.41. The van der Waals surface area contributed by atoms with Crippen molar-refractivity contribution >= 4 is 0 Å². The van der Waals surface area contributed by atoms with E-state index in [9.17, 15) is 0 Å². The van der Waals surface area contributed by atoms with E-state index in [1.54, 1.807) is 0 Å². The van der Waals surface area contributed by atoms with Gasteiger partial charge in [-0.3, -0.25) is 4.90 Å². The Morgan fingerprint density at radius 2 is 1.71 bits per heavy atom. The fourth-order valence-corrected chi connectivity index (χ4v) is 4.04. The molecular weight excluding hydrogens is 260 g/mol. The molecule has 0 aromatic heterocycles. The molecule has 3 nitrogen and oxygen atoms in total. The molecule has 21 heavy (non-hydrogen) atoms. The summed E-state index contributed by atoms with van der Waals surface area (Å²) in [6.45, 7) is 12.9. The zero-order valence-electron chi connectivity index (χ0n) is 13.8. The summed E-state index contributed by atoms with van der Waals surface area (Å²) < 4.78 is 6.17. The first-order chi connectivity index (χ1) is 9.83. The molecule has 1 unspecified atom stereocenters. The van der Waals surface area contributed by atoms with Gasteiger partial charge in [-0.25, -0.2) is 0 Å². The minimum Gasteiger partial charge on any atom is -0.367 e. The highest BCUT2D eigenvalue weighted by atomic mass is 16.5. The first-order valence-corrected chi connectivity index (χ1v) is 8.06. The summed E-state index contributed by atoms with van der Waals surface area (Å²) in [5, 5.41) is 3.69. The van der Waals surface area contributed by atoms with Crippen LogP contribution in [0.3, 0.4) is 0 Å². The van der Waals surface area contributed by atoms with E-state index in [1.165, 1.54) is 11.1 Å². The second-order valence-electron chi connectivity index (χ2n) is 7.84. The lowest BCUT2D eigenvalue weighted by Gasteiger charge is -2.48. The van der Waals surface area contributed by atoms with Crippen molar-refractivity contribution in [1.82, 2.24) is 10.2 Å². The Bertz CT molecular complexity index is 494. The van der Waals surface area contributed by atoms with Crippen LogP contribution in [0.5, 0.6) is 0 Å². The fraction of sp³-hybridized carbons (Fsp3) is 0.667. The predicted octanol–water partition coefficient (Wildman–Crippen LogP) is 2.59. The van der Waals surface area contributed by atoms with Gasteiger partial charge in [0.05, 0.1) is 11.2 Å². The standard InChI is InChI=1S/C18H28N2O/c1-17(2)12-20(13-18(3,4)21-17)11-16-9-14-7-5-6-8-15(14)10-19-16/h5-8,16,19H,9-13H2,1-4H3. The van der Waals surface area contributed by atoms with E-state index in [1.807, 2.05) is 0 Å². The van der Waals surface area contributed by atoms with Gasteiger partial charge in [0, 0.05) is 32.2 Å². The van der Waals surface area contributed by atoms with Crippen molar-refractivity contribution in [3.63, 3.8) is 0 Å². The molecule has 3 heteroatoms. The highest BCUT2D eigenvalue weighted by molar-refractivity contribution is 5.30. The molecule has 116 valence electrons. The minimum absolute atomic E-state index is 0.0612. The highest BCUT2D eigenvalue weighted by Gasteiger charge is 2.38. The first kappa shape index (κ1) is 15.0. The SMILES string of the molecule is CC1(C)CN(CC2Cc3ccccc3CN2)CC(C)(C)O1. The molecule has 2 aliphatic rings. The van der Waals surface area contributed by atoms with Crippen LogP contribution in [0.4, 0.5) is 0 Å². The lowest BCUT2D eigenvalue weighted by atomic mass is 9.94. The topological polar surface area (TPSA) is 24.5 Å². The molecule has 0 spiro atoms. The Labute approximate surface area is 128 Å². The van der Waals surface area contributed by atoms with Crippen LogP contribution in [0, 0.1) is 0 Å². The Balaban J connectivity index is 1.65. The van der Waals surface area contributed by atoms with Gasteiger partial charge in [-0.2, -0.15) is 0 Å². The smallest absolute Gasteiger partial charge is 0.0760 e. The van der Waals surface area contributed by atoms with Gasteiger partial charge in [-0.15, -0.1) is 0 Å². The molecule has 0 radical (unpaired) electrons. The number of nitrogens with zero attached hydrogens (tertiary/aromatic N) is 1. The van der Waals surface area contributed by atoms with E-state index >= 15 is 0 Å². The largest absolute Gasteiger partial charge is 0.367 e. The maximum Gasteiger partial charge on any atom is 0.0760 e. The average Bonchev–Trinajstić information content (AvgIpc) is 2.34. The van der Waals surface area contributed by atoms with Crippen molar-refractivity contribution in [3.8, 4) is 0 Å². The molecule has 1 aromatic rings. The molecule has 1 atom stereocenters. The van der Waals surface area contributed by atoms with Crippen molar-refractivity contribution in [1.29, 1.82) is 0 Å². The van der Waals surface area contributed by atoms with Crippen LogP contribution in [0.15, 0.2) is 24.3 Å². The van der Waals surface area contributed by atoms with Crippen LogP contribution in [-0.4, -0.2) is 41.8 Å². The van der Waals surface area contributed by atoms with E-state index < -0.39 is 0 Å². The summed E-state index contributed by atoms with van der Waals surface area (Å²) in [6.07, 6.45) is 1.13. The van der Waals surface area contributed by atoms with Gasteiger partial charge in [0.2, 0.25) is 0 Å². The van der Waals surface area contributed by atoms with Gasteiger partial charge >= 0.3 is 0 Å². The molecule has 3 rings (SSSR count). The number of benzene rings is 1. The van der Waals surface area contributed by atoms with Crippen molar-refractivity contribution in [2.45, 2.75) is 57.9 Å². The van der Waals surface area contributed by atoms with Crippen LogP contribution in [0.1, 0.15) is 38.8 Å². The molecule has 0 amide bonds. The van der Waals surface area contributed by atoms with Gasteiger partial charge in [0.25, 0.3) is 0 Å². The number of hydrogen-bond acceptors (Lipinski definition) is 3. The maximum absolute atomic E-state index is 6.17. The molecule has 0 aliphatic carbocycles. The van der Waals surface area contributed by atoms with E-state index in [0.717, 1.165) is 32.6 Å². The summed E-state index contributed by atoms with van der Waals surface area (Å²) >= 11 is 0. The molecule has 0 saturated carbocycles. The lowest BCUT2D eigenvalue weighted by Crippen LogP contribution is -2.59. The molecule has 0 bridgehead atoms. The van der Waals surface area contributed by atoms with E-state index in [0.29, 0.717) is 6.04 Å². The number of morpholine rings is 1. The second kappa shape index (κ2) is 5.38. The predicted molar refractivity (Wildman–Crippen MR) is 86.5 cm³/mol. The van der Waals surface area contributed by atoms with Gasteiger partial charge in [0.1, 0.15) is 0 Å². The third kappa shape index (κ3) is 3.65. The normalized spacial score (nSPS) is 28.1. The van der Waals surface area contributed by atoms with Crippen LogP contribution < -0.4 is 5.32 Å². The first-order valence-electron chi connectivity index (χ1n) is 8.06. The quantitative estimate of drug-likeness (QED) is 0.905. The Morgan fingerprint density at radius 3 is 2.38 bits per heavy atom. The molecule has 1 N–H and O–H groups in total. The van der Waals surface area contributed by atoms with Crippen LogP contribution >= 0.6 is 0 Å². The maximum atomic E-state index is 6.17. The molecule has 2 heterocycles. The zero-order chi connectivity index (χ0) is 15.1. The molecule has 1 aromatic carbocycles. The van der Waals surface area contributed by atoms with Crippen molar-refractivity contribution in [2.24, 2.45) is 0 Å². The summed E-state index contributed by atoms with van der Waals surface area (Å²) in [6, 6.07) is 9.34. The zero-order valence-corrected chi connectivity index (χ0v) is 13.8. The van der Waals surface area contributed by atoms with Gasteiger partial charge in [-0.1, -0.05) is 24.3 Å². The van der Waals surface area contributed by atoms with Crippen molar-refractivity contribution in [2.75, 3.05) is 19.6 Å². The van der Waals surface area contributed by atoms with E-state index in [-0.39, 0.29) is 11.2 Å². The van der Waals surface area contributed by atoms with Crippen molar-refractivity contribution in [3.05, 3.63) is 35.4 Å². The molecule has 1 fully saturated rings. The number of rotatable bonds is 2.